The van der Waals surface area contributed by atoms with Crippen molar-refractivity contribution >= 4 is 51.3 Å². The number of aromatic hydroxyl groups is 1. The predicted molar refractivity (Wildman–Crippen MR) is 109 cm³/mol. The number of hydrogen-bond donors (Lipinski definition) is 2. The van der Waals surface area contributed by atoms with E-state index in [1.807, 2.05) is 0 Å². The fraction of sp³-hybridized carbons (Fsp3) is 0.0556. The minimum Gasteiger partial charge on any atom is -0.503 e. The number of ether oxygens (including phenoxy) is 1. The average Bonchev–Trinajstić information content (AvgIpc) is 3.13. The van der Waals surface area contributed by atoms with E-state index in [1.165, 1.54) is 19.3 Å². The Morgan fingerprint density at radius 3 is 2.64 bits per heavy atom. The molecule has 0 saturated heterocycles. The number of aromatic nitrogens is 2. The molecule has 0 atom stereocenters. The summed E-state index contributed by atoms with van der Waals surface area (Å²) in [5, 5.41) is 27.8. The van der Waals surface area contributed by atoms with E-state index in [-0.39, 0.29) is 27.5 Å². The van der Waals surface area contributed by atoms with Crippen LogP contribution in [0.1, 0.15) is 5.56 Å². The highest BCUT2D eigenvalue weighted by Gasteiger charge is 2.17. The summed E-state index contributed by atoms with van der Waals surface area (Å²) >= 11 is 9.87. The second-order valence-corrected chi connectivity index (χ2v) is 7.63. The Morgan fingerprint density at radius 2 is 2.00 bits per heavy atom. The van der Waals surface area contributed by atoms with Crippen LogP contribution in [0, 0.1) is 0 Å². The lowest BCUT2D eigenvalue weighted by Crippen LogP contribution is -1.97. The number of phenols is 1. The fourth-order valence-corrected chi connectivity index (χ4v) is 3.43. The van der Waals surface area contributed by atoms with Gasteiger partial charge in [0.25, 0.3) is 5.22 Å². The summed E-state index contributed by atoms with van der Waals surface area (Å²) in [5.41, 5.74) is 1.17. The van der Waals surface area contributed by atoms with E-state index >= 15 is 0 Å². The van der Waals surface area contributed by atoms with Gasteiger partial charge in [-0.15, -0.1) is 10.2 Å². The number of carboxylic acid groups (broad SMARTS) is 1. The topological polar surface area (TPSA) is 106 Å². The van der Waals surface area contributed by atoms with Crippen molar-refractivity contribution in [2.24, 2.45) is 0 Å². The highest BCUT2D eigenvalue weighted by molar-refractivity contribution is 9.10. The maximum absolute atomic E-state index is 11.6. The molecule has 144 valence electrons. The molecule has 28 heavy (non-hydrogen) atoms. The van der Waals surface area contributed by atoms with Crippen LogP contribution in [0.2, 0.25) is 5.02 Å². The minimum absolute atomic E-state index is 0.0500. The van der Waals surface area contributed by atoms with Crippen molar-refractivity contribution in [3.63, 3.8) is 0 Å². The molecule has 10 heteroatoms. The first-order valence-electron chi connectivity index (χ1n) is 7.66. The molecule has 0 unspecified atom stereocenters. The van der Waals surface area contributed by atoms with Gasteiger partial charge >= 0.3 is 5.97 Å². The standard InChI is InChI=1S/C18H12BrClN2O5S/c1-26-13-7-9(6-12(19)15(13)23)8-14(17(24)25)28-18-22-21-16(27-18)10-2-4-11(20)5-3-10/h2-8,23H,1H3,(H,24,25)/b14-8-. The molecular formula is C18H12BrClN2O5S. The number of hydrogen-bond acceptors (Lipinski definition) is 7. The molecule has 2 N–H and O–H groups in total. The molecule has 2 aromatic carbocycles. The highest BCUT2D eigenvalue weighted by atomic mass is 79.9. The van der Waals surface area contributed by atoms with E-state index in [1.54, 1.807) is 30.3 Å². The lowest BCUT2D eigenvalue weighted by atomic mass is 10.2. The largest absolute Gasteiger partial charge is 0.503 e. The molecule has 0 aliphatic heterocycles. The SMILES string of the molecule is COc1cc(/C=C(\Sc2nnc(-c3ccc(Cl)cc3)o2)C(=O)O)cc(Br)c1O. The van der Waals surface area contributed by atoms with Gasteiger partial charge in [-0.2, -0.15) is 0 Å². The Kier molecular flexibility index (Phi) is 6.28. The zero-order valence-electron chi connectivity index (χ0n) is 14.2. The first-order chi connectivity index (χ1) is 13.4. The summed E-state index contributed by atoms with van der Waals surface area (Å²) in [7, 11) is 1.40. The van der Waals surface area contributed by atoms with Gasteiger partial charge in [0, 0.05) is 10.6 Å². The lowest BCUT2D eigenvalue weighted by molar-refractivity contribution is -0.131. The van der Waals surface area contributed by atoms with Gasteiger partial charge in [-0.3, -0.25) is 0 Å². The van der Waals surface area contributed by atoms with Crippen LogP contribution in [0.25, 0.3) is 17.5 Å². The van der Waals surface area contributed by atoms with Crippen LogP contribution < -0.4 is 4.74 Å². The number of halogens is 2. The highest BCUT2D eigenvalue weighted by Crippen LogP contribution is 2.37. The maximum Gasteiger partial charge on any atom is 0.342 e. The van der Waals surface area contributed by atoms with Crippen molar-refractivity contribution in [2.45, 2.75) is 5.22 Å². The Balaban J connectivity index is 1.88. The molecular weight excluding hydrogens is 472 g/mol. The monoisotopic (exact) mass is 482 g/mol. The predicted octanol–water partition coefficient (Wildman–Crippen LogP) is 5.08. The molecule has 0 fully saturated rings. The number of phenolic OH excluding ortho intramolecular Hbond substituents is 1. The molecule has 1 heterocycles. The second-order valence-electron chi connectivity index (χ2n) is 5.35. The van der Waals surface area contributed by atoms with Gasteiger partial charge in [0.15, 0.2) is 11.5 Å². The van der Waals surface area contributed by atoms with Crippen LogP contribution in [0.15, 0.2) is 55.4 Å². The van der Waals surface area contributed by atoms with Gasteiger partial charge in [0.05, 0.1) is 11.6 Å². The number of carboxylic acids is 1. The molecule has 7 nitrogen and oxygen atoms in total. The van der Waals surface area contributed by atoms with Crippen LogP contribution in [0.5, 0.6) is 11.5 Å². The quantitative estimate of drug-likeness (QED) is 0.369. The van der Waals surface area contributed by atoms with Crippen molar-refractivity contribution in [1.82, 2.24) is 10.2 Å². The van der Waals surface area contributed by atoms with E-state index < -0.39 is 5.97 Å². The van der Waals surface area contributed by atoms with E-state index in [4.69, 9.17) is 20.8 Å². The van der Waals surface area contributed by atoms with Gasteiger partial charge < -0.3 is 19.4 Å². The summed E-state index contributed by atoms with van der Waals surface area (Å²) < 4.78 is 11.0. The van der Waals surface area contributed by atoms with E-state index in [9.17, 15) is 15.0 Å². The molecule has 3 rings (SSSR count). The summed E-state index contributed by atoms with van der Waals surface area (Å²) in [6.07, 6.45) is 1.41. The van der Waals surface area contributed by atoms with Crippen LogP contribution in [0.3, 0.4) is 0 Å². The normalized spacial score (nSPS) is 11.5. The van der Waals surface area contributed by atoms with Crippen LogP contribution >= 0.6 is 39.3 Å². The van der Waals surface area contributed by atoms with E-state index in [0.717, 1.165) is 11.8 Å². The first-order valence-corrected chi connectivity index (χ1v) is 9.65. The third kappa shape index (κ3) is 4.67. The van der Waals surface area contributed by atoms with Crippen molar-refractivity contribution in [2.75, 3.05) is 7.11 Å². The summed E-state index contributed by atoms with van der Waals surface area (Å²) in [6, 6.07) is 9.89. The van der Waals surface area contributed by atoms with Gasteiger partial charge in [-0.05, 0) is 75.7 Å². The summed E-state index contributed by atoms with van der Waals surface area (Å²) in [6.45, 7) is 0. The smallest absolute Gasteiger partial charge is 0.342 e. The van der Waals surface area contributed by atoms with Crippen LogP contribution in [-0.2, 0) is 4.79 Å². The van der Waals surface area contributed by atoms with E-state index in [2.05, 4.69) is 26.1 Å². The van der Waals surface area contributed by atoms with Crippen molar-refractivity contribution < 1.29 is 24.2 Å². The minimum atomic E-state index is -1.17. The van der Waals surface area contributed by atoms with Gasteiger partial charge in [-0.1, -0.05) is 11.6 Å². The van der Waals surface area contributed by atoms with Crippen molar-refractivity contribution in [1.29, 1.82) is 0 Å². The Morgan fingerprint density at radius 1 is 1.29 bits per heavy atom. The zero-order valence-corrected chi connectivity index (χ0v) is 17.4. The molecule has 0 radical (unpaired) electrons. The molecule has 0 saturated carbocycles. The average molecular weight is 484 g/mol. The molecule has 0 bridgehead atoms. The molecule has 0 aliphatic rings. The molecule has 1 aromatic heterocycles. The third-order valence-electron chi connectivity index (χ3n) is 3.47. The van der Waals surface area contributed by atoms with Gasteiger partial charge in [0.2, 0.25) is 5.89 Å². The lowest BCUT2D eigenvalue weighted by Gasteiger charge is -2.07. The maximum atomic E-state index is 11.6. The molecule has 0 spiro atoms. The Bertz CT molecular complexity index is 1050. The van der Waals surface area contributed by atoms with Crippen LogP contribution in [-0.4, -0.2) is 33.5 Å². The number of benzene rings is 2. The van der Waals surface area contributed by atoms with Gasteiger partial charge in [0.1, 0.15) is 4.91 Å². The number of aliphatic carboxylic acids is 1. The van der Waals surface area contributed by atoms with Crippen LogP contribution in [0.4, 0.5) is 0 Å². The summed E-state index contributed by atoms with van der Waals surface area (Å²) in [5.74, 6) is -0.788. The number of methoxy groups -OCH3 is 1. The van der Waals surface area contributed by atoms with Crippen molar-refractivity contribution in [3.05, 3.63) is 56.4 Å². The molecule has 3 aromatic rings. The zero-order chi connectivity index (χ0) is 20.3. The molecule has 0 aliphatic carbocycles. The number of nitrogens with zero attached hydrogens (tertiary/aromatic N) is 2. The number of carbonyl (C=O) groups is 1. The molecule has 0 amide bonds. The number of rotatable bonds is 6. The second kappa shape index (κ2) is 8.68. The summed E-state index contributed by atoms with van der Waals surface area (Å²) in [4.78, 5) is 11.6. The Labute approximate surface area is 177 Å². The van der Waals surface area contributed by atoms with E-state index in [0.29, 0.717) is 20.6 Å². The Hall–Kier alpha value is -2.49. The van der Waals surface area contributed by atoms with Gasteiger partial charge in [-0.25, -0.2) is 4.79 Å². The number of thioether (sulfide) groups is 1. The third-order valence-corrected chi connectivity index (χ3v) is 5.18. The first kappa shape index (κ1) is 20.2. The fourth-order valence-electron chi connectivity index (χ4n) is 2.17. The van der Waals surface area contributed by atoms with Crippen molar-refractivity contribution in [3.8, 4) is 23.0 Å².